The Morgan fingerprint density at radius 2 is 0.880 bits per heavy atom. The lowest BCUT2D eigenvalue weighted by molar-refractivity contribution is 0.672. The molecular formula is C72H46N2O. The molecule has 0 fully saturated rings. The fraction of sp³-hybridized carbons (Fsp3) is 0. The quantitative estimate of drug-likeness (QED) is 0.142. The maximum Gasteiger partial charge on any atom is 0.143 e. The molecule has 0 radical (unpaired) electrons. The largest absolute Gasteiger partial charge is 0.455 e. The molecule has 0 aliphatic carbocycles. The van der Waals surface area contributed by atoms with Gasteiger partial charge in [0.25, 0.3) is 0 Å². The Balaban J connectivity index is 0.922. The number of para-hydroxylation sites is 3. The molecule has 0 spiro atoms. The summed E-state index contributed by atoms with van der Waals surface area (Å²) in [6, 6.07) is 102. The number of furan rings is 1. The van der Waals surface area contributed by atoms with E-state index in [1.54, 1.807) is 0 Å². The topological polar surface area (TPSA) is 21.3 Å². The fourth-order valence-corrected chi connectivity index (χ4v) is 11.9. The molecule has 0 aliphatic rings. The van der Waals surface area contributed by atoms with Gasteiger partial charge in [-0.3, -0.25) is 0 Å². The van der Waals surface area contributed by atoms with Gasteiger partial charge < -0.3 is 13.9 Å². The van der Waals surface area contributed by atoms with Gasteiger partial charge in [0.1, 0.15) is 11.2 Å². The van der Waals surface area contributed by atoms with Crippen LogP contribution in [0.4, 0.5) is 17.1 Å². The minimum Gasteiger partial charge on any atom is -0.455 e. The Bertz CT molecular complexity index is 4660. The summed E-state index contributed by atoms with van der Waals surface area (Å²) < 4.78 is 9.03. The van der Waals surface area contributed by atoms with Crippen LogP contribution in [0.25, 0.3) is 126 Å². The van der Waals surface area contributed by atoms with Gasteiger partial charge in [-0.15, -0.1) is 0 Å². The summed E-state index contributed by atoms with van der Waals surface area (Å²) in [7, 11) is 0. The predicted molar refractivity (Wildman–Crippen MR) is 317 cm³/mol. The van der Waals surface area contributed by atoms with Crippen LogP contribution in [-0.2, 0) is 0 Å². The van der Waals surface area contributed by atoms with Gasteiger partial charge in [-0.1, -0.05) is 200 Å². The minimum atomic E-state index is 0.875. The van der Waals surface area contributed by atoms with Crippen LogP contribution in [0.1, 0.15) is 0 Å². The normalized spacial score (nSPS) is 11.7. The van der Waals surface area contributed by atoms with E-state index in [1.807, 2.05) is 0 Å². The molecule has 0 saturated heterocycles. The highest BCUT2D eigenvalue weighted by Gasteiger charge is 2.23. The average Bonchev–Trinajstić information content (AvgIpc) is 4.07. The third-order valence-electron chi connectivity index (χ3n) is 15.4. The number of hydrogen-bond acceptors (Lipinski definition) is 2. The van der Waals surface area contributed by atoms with Crippen LogP contribution in [0.5, 0.6) is 0 Å². The smallest absolute Gasteiger partial charge is 0.143 e. The van der Waals surface area contributed by atoms with Crippen molar-refractivity contribution in [3.8, 4) is 50.2 Å². The second-order valence-electron chi connectivity index (χ2n) is 19.6. The molecule has 0 atom stereocenters. The van der Waals surface area contributed by atoms with Crippen molar-refractivity contribution in [2.45, 2.75) is 0 Å². The van der Waals surface area contributed by atoms with E-state index >= 15 is 0 Å². The average molecular weight is 955 g/mol. The van der Waals surface area contributed by atoms with Crippen LogP contribution in [0.3, 0.4) is 0 Å². The number of nitrogens with zero attached hydrogens (tertiary/aromatic N) is 2. The Hall–Kier alpha value is -9.96. The summed E-state index contributed by atoms with van der Waals surface area (Å²) in [6.07, 6.45) is 0. The van der Waals surface area contributed by atoms with E-state index in [0.29, 0.717) is 0 Å². The summed E-state index contributed by atoms with van der Waals surface area (Å²) in [5, 5.41) is 12.0. The highest BCUT2D eigenvalue weighted by molar-refractivity contribution is 6.17. The molecule has 75 heavy (non-hydrogen) atoms. The van der Waals surface area contributed by atoms with E-state index < -0.39 is 0 Å². The Morgan fingerprint density at radius 3 is 1.68 bits per heavy atom. The Morgan fingerprint density at radius 1 is 0.280 bits per heavy atom. The van der Waals surface area contributed by atoms with Crippen LogP contribution in [-0.4, -0.2) is 4.57 Å². The van der Waals surface area contributed by atoms with Crippen LogP contribution in [0.15, 0.2) is 283 Å². The number of aromatic nitrogens is 1. The first-order valence-corrected chi connectivity index (χ1v) is 25.7. The van der Waals surface area contributed by atoms with Gasteiger partial charge in [0.2, 0.25) is 0 Å². The third-order valence-corrected chi connectivity index (χ3v) is 15.4. The molecule has 0 saturated carbocycles. The van der Waals surface area contributed by atoms with E-state index in [0.717, 1.165) is 89.0 Å². The van der Waals surface area contributed by atoms with Gasteiger partial charge in [0.15, 0.2) is 0 Å². The fourth-order valence-electron chi connectivity index (χ4n) is 11.9. The van der Waals surface area contributed by atoms with E-state index in [-0.39, 0.29) is 0 Å². The predicted octanol–water partition coefficient (Wildman–Crippen LogP) is 20.3. The van der Waals surface area contributed by atoms with Crippen molar-refractivity contribution in [2.75, 3.05) is 4.90 Å². The molecule has 15 aromatic rings. The van der Waals surface area contributed by atoms with Gasteiger partial charge in [-0.05, 0) is 139 Å². The van der Waals surface area contributed by atoms with Crippen LogP contribution >= 0.6 is 0 Å². The number of fused-ring (bicyclic) bond motifs is 11. The summed E-state index contributed by atoms with van der Waals surface area (Å²) in [5.74, 6) is 0. The van der Waals surface area contributed by atoms with Gasteiger partial charge in [-0.25, -0.2) is 0 Å². The van der Waals surface area contributed by atoms with Crippen molar-refractivity contribution in [3.63, 3.8) is 0 Å². The maximum absolute atomic E-state index is 6.64. The summed E-state index contributed by atoms with van der Waals surface area (Å²) in [5.41, 5.74) is 17.7. The lowest BCUT2D eigenvalue weighted by Crippen LogP contribution is -2.12. The molecule has 0 amide bonds. The molecule has 3 nitrogen and oxygen atoms in total. The van der Waals surface area contributed by atoms with Gasteiger partial charge in [-0.2, -0.15) is 0 Å². The lowest BCUT2D eigenvalue weighted by atomic mass is 9.90. The first kappa shape index (κ1) is 42.7. The van der Waals surface area contributed by atoms with Crippen molar-refractivity contribution in [2.24, 2.45) is 0 Å². The van der Waals surface area contributed by atoms with Crippen LogP contribution in [0.2, 0.25) is 0 Å². The molecule has 15 rings (SSSR count). The highest BCUT2D eigenvalue weighted by Crippen LogP contribution is 2.48. The number of rotatable bonds is 8. The van der Waals surface area contributed by atoms with Crippen LogP contribution in [0, 0.1) is 0 Å². The highest BCUT2D eigenvalue weighted by atomic mass is 16.3. The number of benzene rings is 13. The zero-order chi connectivity index (χ0) is 49.4. The van der Waals surface area contributed by atoms with Crippen molar-refractivity contribution >= 4 is 93.1 Å². The zero-order valence-corrected chi connectivity index (χ0v) is 40.9. The molecule has 3 heteroatoms. The molecule has 13 aromatic carbocycles. The van der Waals surface area contributed by atoms with Crippen molar-refractivity contribution < 1.29 is 4.42 Å². The first-order valence-electron chi connectivity index (χ1n) is 25.7. The number of hydrogen-bond donors (Lipinski definition) is 0. The second kappa shape index (κ2) is 17.4. The zero-order valence-electron chi connectivity index (χ0n) is 40.9. The number of anilines is 3. The van der Waals surface area contributed by atoms with E-state index in [9.17, 15) is 0 Å². The third kappa shape index (κ3) is 7.05. The molecule has 350 valence electrons. The van der Waals surface area contributed by atoms with E-state index in [2.05, 4.69) is 289 Å². The summed E-state index contributed by atoms with van der Waals surface area (Å²) in [4.78, 5) is 2.46. The lowest BCUT2D eigenvalue weighted by Gasteiger charge is -2.30. The SMILES string of the molecule is c1ccc(-c2cc(-c3cc4ccccc4c4ccccc34)ccc2N(c2ccc(-c3cccc(-n4c5ccccc5c5ccccc54)c3)cc2)c2ccccc2-c2ccc3oc4c5ccccc5ccc4c3c2)cc1. The molecule has 2 aromatic heterocycles. The molecular weight excluding hydrogens is 909 g/mol. The van der Waals surface area contributed by atoms with Gasteiger partial charge in [0.05, 0.1) is 22.4 Å². The molecule has 2 heterocycles. The van der Waals surface area contributed by atoms with E-state index in [4.69, 9.17) is 4.42 Å². The Kier molecular flexibility index (Phi) is 9.89. The van der Waals surface area contributed by atoms with Crippen LogP contribution < -0.4 is 4.90 Å². The molecule has 0 bridgehead atoms. The van der Waals surface area contributed by atoms with Crippen molar-refractivity contribution in [1.82, 2.24) is 4.57 Å². The Labute approximate surface area is 434 Å². The molecule has 0 N–H and O–H groups in total. The van der Waals surface area contributed by atoms with Crippen molar-refractivity contribution in [1.29, 1.82) is 0 Å². The standard InChI is InChI=1S/C72H46N2O/c1-2-17-48(18-3-1)65-45-53(64-44-51-20-5-6-23-56(51)59-26-8-9-27-60(59)64)36-41-70(65)73(67-30-13-10-24-57(67)52-37-42-71-66(46-52)63-40-35-49-19-4-7-25-58(49)72(63)75-71)54-38-33-47(34-39-54)50-21-16-22-55(43-50)74-68-31-14-11-28-61(68)62-29-12-15-32-69(62)74/h1-46H. The molecule has 0 aliphatic heterocycles. The monoisotopic (exact) mass is 954 g/mol. The summed E-state index contributed by atoms with van der Waals surface area (Å²) >= 11 is 0. The van der Waals surface area contributed by atoms with Crippen molar-refractivity contribution in [3.05, 3.63) is 279 Å². The van der Waals surface area contributed by atoms with Gasteiger partial charge >= 0.3 is 0 Å². The first-order chi connectivity index (χ1) is 37.2. The summed E-state index contributed by atoms with van der Waals surface area (Å²) in [6.45, 7) is 0. The maximum atomic E-state index is 6.64. The van der Waals surface area contributed by atoms with Gasteiger partial charge in [0, 0.05) is 49.4 Å². The minimum absolute atomic E-state index is 0.875. The van der Waals surface area contributed by atoms with E-state index in [1.165, 1.54) is 54.3 Å². The molecule has 0 unspecified atom stereocenters. The second-order valence-corrected chi connectivity index (χ2v) is 19.6.